The predicted octanol–water partition coefficient (Wildman–Crippen LogP) is 6.40. The maximum atomic E-state index is 6.01. The van der Waals surface area contributed by atoms with E-state index in [4.69, 9.17) is 4.74 Å². The molecule has 2 atom stereocenters. The van der Waals surface area contributed by atoms with Gasteiger partial charge in [-0.2, -0.15) is 0 Å². The molecule has 4 aliphatic rings. The van der Waals surface area contributed by atoms with Crippen LogP contribution in [0, 0.1) is 11.8 Å². The molecule has 2 saturated carbocycles. The van der Waals surface area contributed by atoms with Gasteiger partial charge in [-0.1, -0.05) is 57.4 Å². The van der Waals surface area contributed by atoms with Crippen molar-refractivity contribution in [2.45, 2.75) is 89.1 Å². The summed E-state index contributed by atoms with van der Waals surface area (Å²) in [6, 6.07) is 10.4. The van der Waals surface area contributed by atoms with Crippen molar-refractivity contribution in [3.63, 3.8) is 0 Å². The molecular formula is C30H42N4O. The van der Waals surface area contributed by atoms with Gasteiger partial charge in [-0.05, 0) is 66.8 Å². The van der Waals surface area contributed by atoms with Gasteiger partial charge in [0.1, 0.15) is 5.75 Å². The number of nitrogens with zero attached hydrogens (tertiary/aromatic N) is 4. The number of ether oxygens (including phenoxy) is 1. The van der Waals surface area contributed by atoms with Gasteiger partial charge in [-0.15, -0.1) is 0 Å². The summed E-state index contributed by atoms with van der Waals surface area (Å²) in [5.74, 6) is 2.52. The van der Waals surface area contributed by atoms with Crippen LogP contribution in [0.15, 0.2) is 36.7 Å². The predicted molar refractivity (Wildman–Crippen MR) is 140 cm³/mol. The lowest BCUT2D eigenvalue weighted by molar-refractivity contribution is 0.0380. The Bertz CT molecular complexity index is 946. The zero-order chi connectivity index (χ0) is 23.5. The molecule has 1 aliphatic heterocycles. The average Bonchev–Trinajstić information content (AvgIpc) is 3.27. The van der Waals surface area contributed by atoms with Crippen molar-refractivity contribution < 1.29 is 4.74 Å². The third-order valence-corrected chi connectivity index (χ3v) is 9.31. The molecule has 1 aromatic carbocycles. The molecule has 3 fully saturated rings. The fraction of sp³-hybridized carbons (Fsp3) is 0.667. The van der Waals surface area contributed by atoms with Crippen LogP contribution in [-0.4, -0.2) is 52.0 Å². The van der Waals surface area contributed by atoms with Crippen LogP contribution in [-0.2, 0) is 6.42 Å². The number of hydrogen-bond donors (Lipinski definition) is 0. The van der Waals surface area contributed by atoms with Gasteiger partial charge in [0.15, 0.2) is 0 Å². The van der Waals surface area contributed by atoms with Crippen LogP contribution in [0.3, 0.4) is 0 Å². The SMILES string of the molecule is c1cnc(Oc2ccc3c(c2)CC(CC2CCCCC2)C3N2CCN(C3CCCCC3)CC2)nc1. The highest BCUT2D eigenvalue weighted by molar-refractivity contribution is 5.42. The van der Waals surface area contributed by atoms with Crippen LogP contribution in [0.25, 0.3) is 0 Å². The highest BCUT2D eigenvalue weighted by Crippen LogP contribution is 2.46. The fourth-order valence-corrected chi connectivity index (χ4v) is 7.59. The van der Waals surface area contributed by atoms with E-state index in [0.717, 1.165) is 23.6 Å². The van der Waals surface area contributed by atoms with Crippen molar-refractivity contribution in [3.05, 3.63) is 47.8 Å². The Morgan fingerprint density at radius 2 is 1.49 bits per heavy atom. The molecule has 6 rings (SSSR count). The summed E-state index contributed by atoms with van der Waals surface area (Å²) in [6.07, 6.45) is 20.4. The van der Waals surface area contributed by atoms with Crippen LogP contribution in [0.1, 0.15) is 87.8 Å². The van der Waals surface area contributed by atoms with Crippen molar-refractivity contribution in [1.29, 1.82) is 0 Å². The van der Waals surface area contributed by atoms with Crippen LogP contribution >= 0.6 is 0 Å². The van der Waals surface area contributed by atoms with Crippen molar-refractivity contribution in [2.24, 2.45) is 11.8 Å². The Labute approximate surface area is 211 Å². The highest BCUT2D eigenvalue weighted by atomic mass is 16.5. The zero-order valence-corrected chi connectivity index (χ0v) is 21.3. The Hall–Kier alpha value is -1.98. The number of fused-ring (bicyclic) bond motifs is 1. The van der Waals surface area contributed by atoms with Gasteiger partial charge >= 0.3 is 6.01 Å². The van der Waals surface area contributed by atoms with Gasteiger partial charge in [0.2, 0.25) is 0 Å². The van der Waals surface area contributed by atoms with Crippen LogP contribution < -0.4 is 4.74 Å². The molecule has 2 heterocycles. The molecule has 2 unspecified atom stereocenters. The minimum Gasteiger partial charge on any atom is -0.424 e. The Kier molecular flexibility index (Phi) is 7.33. The van der Waals surface area contributed by atoms with E-state index in [1.807, 2.05) is 6.07 Å². The average molecular weight is 475 g/mol. The number of benzene rings is 1. The monoisotopic (exact) mass is 474 g/mol. The molecule has 0 amide bonds. The Morgan fingerprint density at radius 3 is 2.23 bits per heavy atom. The van der Waals surface area contributed by atoms with E-state index in [-0.39, 0.29) is 0 Å². The summed E-state index contributed by atoms with van der Waals surface area (Å²) in [6.45, 7) is 4.94. The first-order valence-corrected chi connectivity index (χ1v) is 14.4. The quantitative estimate of drug-likeness (QED) is 0.484. The summed E-state index contributed by atoms with van der Waals surface area (Å²) < 4.78 is 6.01. The van der Waals surface area contributed by atoms with Crippen LogP contribution in [0.4, 0.5) is 0 Å². The summed E-state index contributed by atoms with van der Waals surface area (Å²) >= 11 is 0. The van der Waals surface area contributed by atoms with Gasteiger partial charge in [0, 0.05) is 50.7 Å². The smallest absolute Gasteiger partial charge is 0.321 e. The number of hydrogen-bond acceptors (Lipinski definition) is 5. The zero-order valence-electron chi connectivity index (χ0n) is 21.3. The second-order valence-corrected chi connectivity index (χ2v) is 11.5. The molecule has 0 radical (unpaired) electrons. The van der Waals surface area contributed by atoms with Crippen molar-refractivity contribution in [2.75, 3.05) is 26.2 Å². The van der Waals surface area contributed by atoms with Crippen molar-refractivity contribution in [3.8, 4) is 11.8 Å². The summed E-state index contributed by atoms with van der Waals surface area (Å²) in [4.78, 5) is 14.2. The Balaban J connectivity index is 1.19. The van der Waals surface area contributed by atoms with E-state index in [1.54, 1.807) is 18.0 Å². The first-order valence-electron chi connectivity index (χ1n) is 14.4. The second kappa shape index (κ2) is 11.0. The lowest BCUT2D eigenvalue weighted by Crippen LogP contribution is -2.52. The van der Waals surface area contributed by atoms with E-state index in [9.17, 15) is 0 Å². The Morgan fingerprint density at radius 1 is 0.800 bits per heavy atom. The number of piperazine rings is 1. The molecule has 5 nitrogen and oxygen atoms in total. The summed E-state index contributed by atoms with van der Waals surface area (Å²) in [5.41, 5.74) is 3.04. The first kappa shape index (κ1) is 23.4. The normalized spacial score (nSPS) is 27.1. The minimum atomic E-state index is 0.430. The molecule has 0 bridgehead atoms. The largest absolute Gasteiger partial charge is 0.424 e. The van der Waals surface area contributed by atoms with Gasteiger partial charge in [0.05, 0.1) is 0 Å². The molecule has 1 saturated heterocycles. The molecule has 5 heteroatoms. The lowest BCUT2D eigenvalue weighted by atomic mass is 9.80. The topological polar surface area (TPSA) is 41.5 Å². The molecule has 2 aromatic rings. The highest BCUT2D eigenvalue weighted by Gasteiger charge is 2.39. The lowest BCUT2D eigenvalue weighted by Gasteiger charge is -2.44. The maximum Gasteiger partial charge on any atom is 0.321 e. The summed E-state index contributed by atoms with van der Waals surface area (Å²) in [5, 5.41) is 0. The van der Waals surface area contributed by atoms with E-state index in [0.29, 0.717) is 12.1 Å². The van der Waals surface area contributed by atoms with Gasteiger partial charge < -0.3 is 4.74 Å². The third kappa shape index (κ3) is 5.41. The van der Waals surface area contributed by atoms with Gasteiger partial charge in [0.25, 0.3) is 0 Å². The number of rotatable bonds is 6. The van der Waals surface area contributed by atoms with E-state index < -0.39 is 0 Å². The number of aromatic nitrogens is 2. The molecule has 1 aromatic heterocycles. The maximum absolute atomic E-state index is 6.01. The van der Waals surface area contributed by atoms with Crippen molar-refractivity contribution >= 4 is 0 Å². The minimum absolute atomic E-state index is 0.430. The van der Waals surface area contributed by atoms with Crippen LogP contribution in [0.2, 0.25) is 0 Å². The molecule has 35 heavy (non-hydrogen) atoms. The molecule has 0 N–H and O–H groups in total. The van der Waals surface area contributed by atoms with Gasteiger partial charge in [-0.25, -0.2) is 9.97 Å². The summed E-state index contributed by atoms with van der Waals surface area (Å²) in [7, 11) is 0. The third-order valence-electron chi connectivity index (χ3n) is 9.31. The molecule has 188 valence electrons. The molecule has 0 spiro atoms. The first-order chi connectivity index (χ1) is 17.3. The van der Waals surface area contributed by atoms with Gasteiger partial charge in [-0.3, -0.25) is 9.80 Å². The van der Waals surface area contributed by atoms with E-state index >= 15 is 0 Å². The molecule has 3 aliphatic carbocycles. The standard InChI is InChI=1S/C30H42N4O/c1-3-8-23(9-4-1)20-25-21-24-22-27(35-30-31-14-7-15-32-30)12-13-28(24)29(25)34-18-16-33(17-19-34)26-10-5-2-6-11-26/h7,12-15,22-23,25-26,29H,1-6,8-11,16-21H2. The second-order valence-electron chi connectivity index (χ2n) is 11.5. The van der Waals surface area contributed by atoms with Crippen molar-refractivity contribution in [1.82, 2.24) is 19.8 Å². The molecular weight excluding hydrogens is 432 g/mol. The van der Waals surface area contributed by atoms with Crippen LogP contribution in [0.5, 0.6) is 11.8 Å². The van der Waals surface area contributed by atoms with E-state index in [1.165, 1.54) is 109 Å². The fourth-order valence-electron chi connectivity index (χ4n) is 7.59. The van der Waals surface area contributed by atoms with E-state index in [2.05, 4.69) is 38.0 Å².